The van der Waals surface area contributed by atoms with Crippen molar-refractivity contribution in [3.8, 4) is 0 Å². The van der Waals surface area contributed by atoms with Crippen molar-refractivity contribution in [1.29, 1.82) is 0 Å². The summed E-state index contributed by atoms with van der Waals surface area (Å²) in [6.07, 6.45) is 0.149. The molecule has 0 spiro atoms. The van der Waals surface area contributed by atoms with Crippen LogP contribution in [0.2, 0.25) is 5.02 Å². The fourth-order valence-electron chi connectivity index (χ4n) is 2.28. The van der Waals surface area contributed by atoms with Gasteiger partial charge in [-0.3, -0.25) is 14.9 Å². The van der Waals surface area contributed by atoms with E-state index in [9.17, 15) is 14.9 Å². The zero-order valence-electron chi connectivity index (χ0n) is 10.3. The normalized spacial score (nSPS) is 15.2. The van der Waals surface area contributed by atoms with Gasteiger partial charge in [-0.1, -0.05) is 11.6 Å². The van der Waals surface area contributed by atoms with Gasteiger partial charge in [0.2, 0.25) is 0 Å². The third-order valence-electron chi connectivity index (χ3n) is 3.22. The van der Waals surface area contributed by atoms with Gasteiger partial charge in [-0.25, -0.2) is 0 Å². The first-order chi connectivity index (χ1) is 8.88. The minimum Gasteiger partial charge on any atom is -0.481 e. The third-order valence-corrected chi connectivity index (χ3v) is 3.53. The number of aryl methyl sites for hydroxylation is 1. The van der Waals surface area contributed by atoms with Crippen LogP contribution in [0.3, 0.4) is 0 Å². The molecule has 0 bridgehead atoms. The van der Waals surface area contributed by atoms with Gasteiger partial charge in [-0.2, -0.15) is 0 Å². The van der Waals surface area contributed by atoms with Gasteiger partial charge < -0.3 is 10.0 Å². The second-order valence-corrected chi connectivity index (χ2v) is 5.12. The average molecular weight is 285 g/mol. The molecule has 2 rings (SSSR count). The molecule has 1 N–H and O–H groups in total. The molecule has 19 heavy (non-hydrogen) atoms. The van der Waals surface area contributed by atoms with Gasteiger partial charge in [-0.15, -0.1) is 0 Å². The summed E-state index contributed by atoms with van der Waals surface area (Å²) in [5, 5.41) is 19.5. The number of carboxylic acid groups (broad SMARTS) is 1. The smallest absolute Gasteiger partial charge is 0.303 e. The van der Waals surface area contributed by atoms with E-state index in [4.69, 9.17) is 16.7 Å². The minimum absolute atomic E-state index is 0.104. The van der Waals surface area contributed by atoms with Crippen molar-refractivity contribution in [2.24, 2.45) is 5.92 Å². The highest BCUT2D eigenvalue weighted by atomic mass is 35.5. The lowest BCUT2D eigenvalue weighted by Crippen LogP contribution is -2.47. The van der Waals surface area contributed by atoms with E-state index in [-0.39, 0.29) is 23.0 Å². The molecule has 0 aliphatic carbocycles. The number of anilines is 1. The van der Waals surface area contributed by atoms with Crippen LogP contribution >= 0.6 is 11.6 Å². The predicted molar refractivity (Wildman–Crippen MR) is 70.8 cm³/mol. The van der Waals surface area contributed by atoms with Gasteiger partial charge in [0.15, 0.2) is 0 Å². The Kier molecular flexibility index (Phi) is 3.61. The van der Waals surface area contributed by atoms with Crippen LogP contribution in [-0.4, -0.2) is 29.1 Å². The van der Waals surface area contributed by atoms with Gasteiger partial charge in [-0.05, 0) is 18.6 Å². The molecule has 102 valence electrons. The number of carbonyl (C=O) groups is 1. The Balaban J connectivity index is 2.13. The lowest BCUT2D eigenvalue weighted by atomic mass is 9.94. The fraction of sp³-hybridized carbons (Fsp3) is 0.417. The van der Waals surface area contributed by atoms with Crippen molar-refractivity contribution in [1.82, 2.24) is 0 Å². The first-order valence-corrected chi connectivity index (χ1v) is 6.17. The summed E-state index contributed by atoms with van der Waals surface area (Å²) in [5.41, 5.74) is 1.49. The summed E-state index contributed by atoms with van der Waals surface area (Å²) in [5.74, 6) is -0.672. The number of nitro benzene ring substituents is 1. The highest BCUT2D eigenvalue weighted by molar-refractivity contribution is 6.33. The van der Waals surface area contributed by atoms with Gasteiger partial charge in [0.25, 0.3) is 5.69 Å². The molecule has 0 aromatic heterocycles. The first kappa shape index (κ1) is 13.6. The molecular weight excluding hydrogens is 272 g/mol. The Hall–Kier alpha value is -1.82. The Labute approximate surface area is 114 Å². The molecule has 6 nitrogen and oxygen atoms in total. The summed E-state index contributed by atoms with van der Waals surface area (Å²) in [7, 11) is 0. The summed E-state index contributed by atoms with van der Waals surface area (Å²) in [6.45, 7) is 3.06. The zero-order valence-corrected chi connectivity index (χ0v) is 11.1. The maximum atomic E-state index is 10.8. The van der Waals surface area contributed by atoms with Crippen LogP contribution in [0.15, 0.2) is 12.1 Å². The summed E-state index contributed by atoms with van der Waals surface area (Å²) >= 11 is 5.88. The maximum Gasteiger partial charge on any atom is 0.303 e. The van der Waals surface area contributed by atoms with Crippen molar-refractivity contribution < 1.29 is 14.8 Å². The predicted octanol–water partition coefficient (Wildman–Crippen LogP) is 2.47. The molecule has 0 unspecified atom stereocenters. The lowest BCUT2D eigenvalue weighted by Gasteiger charge is -2.41. The van der Waals surface area contributed by atoms with E-state index >= 15 is 0 Å². The van der Waals surface area contributed by atoms with E-state index < -0.39 is 10.9 Å². The van der Waals surface area contributed by atoms with E-state index in [2.05, 4.69) is 0 Å². The first-order valence-electron chi connectivity index (χ1n) is 5.79. The van der Waals surface area contributed by atoms with Crippen molar-refractivity contribution in [2.75, 3.05) is 18.0 Å². The molecule has 1 aromatic carbocycles. The quantitative estimate of drug-likeness (QED) is 0.678. The SMILES string of the molecule is Cc1cc([N+](=O)[O-])c(Cl)cc1N1CC(CC(=O)O)C1. The van der Waals surface area contributed by atoms with Crippen LogP contribution < -0.4 is 4.90 Å². The highest BCUT2D eigenvalue weighted by Gasteiger charge is 2.30. The fourth-order valence-corrected chi connectivity index (χ4v) is 2.51. The van der Waals surface area contributed by atoms with Crippen LogP contribution in [0.4, 0.5) is 11.4 Å². The van der Waals surface area contributed by atoms with Gasteiger partial charge >= 0.3 is 5.97 Å². The molecule has 0 amide bonds. The lowest BCUT2D eigenvalue weighted by molar-refractivity contribution is -0.384. The molecule has 7 heteroatoms. The number of halogens is 1. The van der Waals surface area contributed by atoms with Gasteiger partial charge in [0.1, 0.15) is 5.02 Å². The number of nitro groups is 1. The number of hydrogen-bond acceptors (Lipinski definition) is 4. The van der Waals surface area contributed by atoms with Crippen molar-refractivity contribution in [2.45, 2.75) is 13.3 Å². The Morgan fingerprint density at radius 1 is 1.58 bits per heavy atom. The van der Waals surface area contributed by atoms with Crippen LogP contribution in [0, 0.1) is 23.0 Å². The number of rotatable bonds is 4. The maximum absolute atomic E-state index is 10.8. The second kappa shape index (κ2) is 5.05. The van der Waals surface area contributed by atoms with E-state index in [0.29, 0.717) is 13.1 Å². The van der Waals surface area contributed by atoms with Crippen LogP contribution in [0.25, 0.3) is 0 Å². The third kappa shape index (κ3) is 2.78. The Morgan fingerprint density at radius 3 is 2.74 bits per heavy atom. The number of hydrogen-bond donors (Lipinski definition) is 1. The minimum atomic E-state index is -0.803. The summed E-state index contributed by atoms with van der Waals surface area (Å²) in [6, 6.07) is 3.02. The molecule has 1 aromatic rings. The van der Waals surface area contributed by atoms with Crippen LogP contribution in [0.1, 0.15) is 12.0 Å². The molecular formula is C12H13ClN2O4. The number of aliphatic carboxylic acids is 1. The number of nitrogens with zero attached hydrogens (tertiary/aromatic N) is 2. The van der Waals surface area contributed by atoms with E-state index in [1.807, 2.05) is 4.90 Å². The number of benzene rings is 1. The van der Waals surface area contributed by atoms with E-state index in [1.165, 1.54) is 6.07 Å². The Bertz CT molecular complexity index is 541. The largest absolute Gasteiger partial charge is 0.481 e. The molecule has 1 saturated heterocycles. The molecule has 1 aliphatic rings. The van der Waals surface area contributed by atoms with Crippen LogP contribution in [0.5, 0.6) is 0 Å². The summed E-state index contributed by atoms with van der Waals surface area (Å²) < 4.78 is 0. The average Bonchev–Trinajstić information content (AvgIpc) is 2.25. The zero-order chi connectivity index (χ0) is 14.2. The van der Waals surface area contributed by atoms with Crippen LogP contribution in [-0.2, 0) is 4.79 Å². The Morgan fingerprint density at radius 2 is 2.21 bits per heavy atom. The summed E-state index contributed by atoms with van der Waals surface area (Å²) in [4.78, 5) is 22.8. The number of carboxylic acids is 1. The van der Waals surface area contributed by atoms with E-state index in [0.717, 1.165) is 11.3 Å². The molecule has 0 atom stereocenters. The van der Waals surface area contributed by atoms with Gasteiger partial charge in [0, 0.05) is 30.8 Å². The van der Waals surface area contributed by atoms with Crippen molar-refractivity contribution >= 4 is 28.9 Å². The molecule has 1 aliphatic heterocycles. The van der Waals surface area contributed by atoms with Crippen molar-refractivity contribution in [3.05, 3.63) is 32.8 Å². The molecule has 1 fully saturated rings. The highest BCUT2D eigenvalue weighted by Crippen LogP contribution is 2.35. The second-order valence-electron chi connectivity index (χ2n) is 4.72. The van der Waals surface area contributed by atoms with Crippen molar-refractivity contribution in [3.63, 3.8) is 0 Å². The molecule has 1 heterocycles. The topological polar surface area (TPSA) is 83.7 Å². The molecule has 0 saturated carbocycles. The van der Waals surface area contributed by atoms with E-state index in [1.54, 1.807) is 13.0 Å². The standard InChI is InChI=1S/C12H13ClN2O4/c1-7-2-11(15(18)19)9(13)4-10(7)14-5-8(6-14)3-12(16)17/h2,4,8H,3,5-6H2,1H3,(H,16,17). The van der Waals surface area contributed by atoms with Gasteiger partial charge in [0.05, 0.1) is 11.3 Å². The monoisotopic (exact) mass is 284 g/mol. The molecule has 0 radical (unpaired) electrons.